The maximum Gasteiger partial charge on any atom is 0.00395 e. The first-order valence-corrected chi connectivity index (χ1v) is 5.97. The molecule has 98 valence electrons. The maximum absolute atomic E-state index is 3.97. The van der Waals surface area contributed by atoms with Gasteiger partial charge >= 0.3 is 0 Å². The summed E-state index contributed by atoms with van der Waals surface area (Å²) >= 11 is 0. The summed E-state index contributed by atoms with van der Waals surface area (Å²) in [4.78, 5) is 0. The van der Waals surface area contributed by atoms with Crippen molar-refractivity contribution in [2.75, 3.05) is 0 Å². The second-order valence-corrected chi connectivity index (χ2v) is 4.04. The van der Waals surface area contributed by atoms with Crippen LogP contribution in [0.2, 0.25) is 0 Å². The van der Waals surface area contributed by atoms with E-state index in [1.54, 1.807) is 6.20 Å². The average Bonchev–Trinajstić information content (AvgIpc) is 2.26. The quantitative estimate of drug-likeness (QED) is 0.632. The van der Waals surface area contributed by atoms with Crippen LogP contribution in [-0.2, 0) is 0 Å². The van der Waals surface area contributed by atoms with Crippen LogP contribution in [0.3, 0.4) is 0 Å². The number of hydrogen-bond donors (Lipinski definition) is 1. The lowest BCUT2D eigenvalue weighted by molar-refractivity contribution is 1.09. The highest BCUT2D eigenvalue weighted by Gasteiger charge is 1.94. The van der Waals surface area contributed by atoms with E-state index in [9.17, 15) is 0 Å². The minimum Gasteiger partial charge on any atom is -0.368 e. The third kappa shape index (κ3) is 10.8. The van der Waals surface area contributed by atoms with E-state index in [2.05, 4.69) is 38.9 Å². The predicted molar refractivity (Wildman–Crippen MR) is 82.9 cm³/mol. The highest BCUT2D eigenvalue weighted by atomic mass is 14.8. The fraction of sp³-hybridized carbons (Fsp3) is 0.375. The summed E-state index contributed by atoms with van der Waals surface area (Å²) in [6.45, 7) is 21.7. The summed E-state index contributed by atoms with van der Waals surface area (Å²) in [6.07, 6.45) is 6.78. The van der Waals surface area contributed by atoms with Crippen LogP contribution in [0.25, 0.3) is 0 Å². The predicted octanol–water partition coefficient (Wildman–Crippen LogP) is 5.36. The molecule has 0 aliphatic carbocycles. The zero-order valence-electron chi connectivity index (χ0n) is 12.1. The highest BCUT2D eigenvalue weighted by Crippen LogP contribution is 2.13. The smallest absolute Gasteiger partial charge is 0.00395 e. The van der Waals surface area contributed by atoms with E-state index in [-0.39, 0.29) is 1.43 Å². The first-order valence-electron chi connectivity index (χ1n) is 5.97. The van der Waals surface area contributed by atoms with Crippen LogP contribution in [0.4, 0.5) is 0 Å². The lowest BCUT2D eigenvalue weighted by atomic mass is 10.0. The van der Waals surface area contributed by atoms with Crippen LogP contribution >= 0.6 is 0 Å². The lowest BCUT2D eigenvalue weighted by Gasteiger charge is -2.03. The van der Waals surface area contributed by atoms with E-state index >= 15 is 0 Å². The topological polar surface area (TPSA) is 12.0 Å². The molecule has 0 unspecified atom stereocenters. The molecule has 0 aromatic rings. The Kier molecular flexibility index (Phi) is 11.6. The summed E-state index contributed by atoms with van der Waals surface area (Å²) in [5.41, 5.74) is 4.29. The molecule has 1 nitrogen and oxygen atoms in total. The van der Waals surface area contributed by atoms with Crippen molar-refractivity contribution in [1.82, 2.24) is 5.32 Å². The number of rotatable bonds is 5. The van der Waals surface area contributed by atoms with E-state index < -0.39 is 0 Å². The molecular weight excluding hydrogens is 206 g/mol. The fourth-order valence-corrected chi connectivity index (χ4v) is 0.775. The SMILES string of the molecule is C=CN/C=C(\C)C(=C)/C=C(/C)C(=C)C.CCC.[HH]. The molecule has 1 heteroatoms. The van der Waals surface area contributed by atoms with Crippen LogP contribution in [0.1, 0.15) is 42.5 Å². The minimum absolute atomic E-state index is 0. The second kappa shape index (κ2) is 11.0. The molecule has 0 spiro atoms. The molecule has 0 aromatic heterocycles. The van der Waals surface area contributed by atoms with Gasteiger partial charge in [-0.2, -0.15) is 0 Å². The van der Waals surface area contributed by atoms with Crippen LogP contribution in [0, 0.1) is 0 Å². The Morgan fingerprint density at radius 3 is 1.94 bits per heavy atom. The van der Waals surface area contributed by atoms with Crippen LogP contribution in [0.15, 0.2) is 60.5 Å². The maximum atomic E-state index is 3.97. The van der Waals surface area contributed by atoms with Crippen molar-refractivity contribution in [2.45, 2.75) is 41.0 Å². The molecule has 0 saturated heterocycles. The normalized spacial score (nSPS) is 11.1. The van der Waals surface area contributed by atoms with Gasteiger partial charge in [-0.25, -0.2) is 0 Å². The van der Waals surface area contributed by atoms with E-state index in [1.807, 2.05) is 33.0 Å². The first-order chi connectivity index (χ1) is 7.90. The highest BCUT2D eigenvalue weighted by molar-refractivity contribution is 5.41. The van der Waals surface area contributed by atoms with Crippen molar-refractivity contribution in [3.8, 4) is 0 Å². The zero-order valence-corrected chi connectivity index (χ0v) is 12.1. The Bertz CT molecular complexity index is 322. The standard InChI is InChI=1S/C13H19N.C3H8.H2/c1-7-14-9-13(6)12(5)8-11(4)10(2)3;1-3-2;/h7-9,14H,1-2,5H2,3-4,6H3;3H2,1-2H3;1H/b11-8-,13-9+;;. The molecule has 0 fully saturated rings. The zero-order chi connectivity index (χ0) is 13.8. The van der Waals surface area contributed by atoms with Crippen molar-refractivity contribution >= 4 is 0 Å². The van der Waals surface area contributed by atoms with Gasteiger partial charge < -0.3 is 5.32 Å². The number of nitrogens with one attached hydrogen (secondary N) is 1. The van der Waals surface area contributed by atoms with Gasteiger partial charge in [0.1, 0.15) is 0 Å². The molecule has 0 bridgehead atoms. The van der Waals surface area contributed by atoms with Gasteiger partial charge in [-0.3, -0.25) is 0 Å². The molecule has 0 rings (SSSR count). The van der Waals surface area contributed by atoms with Crippen LogP contribution in [0.5, 0.6) is 0 Å². The van der Waals surface area contributed by atoms with Crippen molar-refractivity contribution in [3.63, 3.8) is 0 Å². The van der Waals surface area contributed by atoms with Gasteiger partial charge in [0, 0.05) is 7.63 Å². The third-order valence-electron chi connectivity index (χ3n) is 1.99. The van der Waals surface area contributed by atoms with Crippen molar-refractivity contribution in [2.24, 2.45) is 0 Å². The van der Waals surface area contributed by atoms with Crippen molar-refractivity contribution in [3.05, 3.63) is 60.5 Å². The van der Waals surface area contributed by atoms with Gasteiger partial charge in [0.05, 0.1) is 0 Å². The van der Waals surface area contributed by atoms with Gasteiger partial charge in [-0.15, -0.1) is 0 Å². The second-order valence-electron chi connectivity index (χ2n) is 4.04. The Hall–Kier alpha value is -1.50. The van der Waals surface area contributed by atoms with Gasteiger partial charge in [-0.1, -0.05) is 51.7 Å². The largest absolute Gasteiger partial charge is 0.368 e. The monoisotopic (exact) mass is 235 g/mol. The van der Waals surface area contributed by atoms with Crippen molar-refractivity contribution < 1.29 is 1.43 Å². The van der Waals surface area contributed by atoms with Gasteiger partial charge in [0.15, 0.2) is 0 Å². The molecule has 0 radical (unpaired) electrons. The lowest BCUT2D eigenvalue weighted by Crippen LogP contribution is -1.94. The molecule has 17 heavy (non-hydrogen) atoms. The van der Waals surface area contributed by atoms with E-state index in [0.29, 0.717) is 0 Å². The summed E-state index contributed by atoms with van der Waals surface area (Å²) < 4.78 is 0. The van der Waals surface area contributed by atoms with E-state index in [1.165, 1.54) is 6.42 Å². The summed E-state index contributed by atoms with van der Waals surface area (Å²) in [7, 11) is 0. The van der Waals surface area contributed by atoms with E-state index in [4.69, 9.17) is 0 Å². The van der Waals surface area contributed by atoms with Gasteiger partial charge in [-0.05, 0) is 43.7 Å². The van der Waals surface area contributed by atoms with Gasteiger partial charge in [0.25, 0.3) is 0 Å². The molecule has 0 atom stereocenters. The van der Waals surface area contributed by atoms with Gasteiger partial charge in [0.2, 0.25) is 0 Å². The first kappa shape index (κ1) is 17.9. The van der Waals surface area contributed by atoms with E-state index in [0.717, 1.165) is 22.3 Å². The van der Waals surface area contributed by atoms with Crippen LogP contribution in [-0.4, -0.2) is 0 Å². The molecule has 0 saturated carbocycles. The Balaban J connectivity index is -0.000000507. The fourth-order valence-electron chi connectivity index (χ4n) is 0.775. The minimum atomic E-state index is 0. The summed E-state index contributed by atoms with van der Waals surface area (Å²) in [5.74, 6) is 0. The Morgan fingerprint density at radius 1 is 1.12 bits per heavy atom. The number of hydrogen-bond acceptors (Lipinski definition) is 1. The molecular formula is C16H29N. The molecule has 0 aliphatic rings. The van der Waals surface area contributed by atoms with Crippen molar-refractivity contribution in [1.29, 1.82) is 0 Å². The molecule has 0 amide bonds. The van der Waals surface area contributed by atoms with Crippen LogP contribution < -0.4 is 5.32 Å². The molecule has 0 aliphatic heterocycles. The molecule has 0 heterocycles. The third-order valence-corrected chi connectivity index (χ3v) is 1.99. The number of allylic oxidation sites excluding steroid dienone is 5. The molecule has 0 aromatic carbocycles. The summed E-state index contributed by atoms with van der Waals surface area (Å²) in [6, 6.07) is 0. The Labute approximate surface area is 109 Å². The average molecular weight is 235 g/mol. The summed E-state index contributed by atoms with van der Waals surface area (Å²) in [5, 5.41) is 2.92. The molecule has 1 N–H and O–H groups in total. The Morgan fingerprint density at radius 2 is 1.59 bits per heavy atom.